The molecule has 0 heterocycles. The van der Waals surface area contributed by atoms with Gasteiger partial charge in [0, 0.05) is 6.42 Å². The number of carbonyl (C=O) groups excluding carboxylic acids is 1. The lowest BCUT2D eigenvalue weighted by Gasteiger charge is -2.13. The SMILES string of the molecule is O=C(OC1=C2CCC(C2)C1)c1cccc2ccccc12. The molecule has 2 nitrogen and oxygen atoms in total. The summed E-state index contributed by atoms with van der Waals surface area (Å²) in [4.78, 5) is 12.4. The van der Waals surface area contributed by atoms with Crippen LogP contribution in [0, 0.1) is 5.92 Å². The van der Waals surface area contributed by atoms with Gasteiger partial charge in [0.1, 0.15) is 5.76 Å². The van der Waals surface area contributed by atoms with E-state index in [2.05, 4.69) is 0 Å². The highest BCUT2D eigenvalue weighted by Gasteiger charge is 2.32. The highest BCUT2D eigenvalue weighted by atomic mass is 16.5. The van der Waals surface area contributed by atoms with Gasteiger partial charge in [0.15, 0.2) is 0 Å². The summed E-state index contributed by atoms with van der Waals surface area (Å²) in [5.41, 5.74) is 2.03. The van der Waals surface area contributed by atoms with Gasteiger partial charge >= 0.3 is 5.97 Å². The van der Waals surface area contributed by atoms with Gasteiger partial charge in [0.05, 0.1) is 5.56 Å². The summed E-state index contributed by atoms with van der Waals surface area (Å²) in [6, 6.07) is 13.7. The Bertz CT molecular complexity index is 722. The van der Waals surface area contributed by atoms with Gasteiger partial charge in [-0.3, -0.25) is 0 Å². The number of allylic oxidation sites excluding steroid dienone is 2. The molecular weight excluding hydrogens is 248 g/mol. The molecule has 0 aromatic heterocycles. The molecule has 1 atom stereocenters. The predicted octanol–water partition coefficient (Wildman–Crippen LogP) is 4.45. The Labute approximate surface area is 118 Å². The van der Waals surface area contributed by atoms with Gasteiger partial charge in [0.2, 0.25) is 0 Å². The number of ether oxygens (including phenoxy) is 1. The van der Waals surface area contributed by atoms with Gasteiger partial charge in [-0.05, 0) is 47.6 Å². The fourth-order valence-electron chi connectivity index (χ4n) is 3.45. The van der Waals surface area contributed by atoms with Crippen molar-refractivity contribution in [1.29, 1.82) is 0 Å². The molecule has 0 aliphatic heterocycles. The first-order chi connectivity index (χ1) is 9.81. The quantitative estimate of drug-likeness (QED) is 0.749. The van der Waals surface area contributed by atoms with E-state index < -0.39 is 0 Å². The molecule has 2 aliphatic rings. The minimum absolute atomic E-state index is 0.211. The van der Waals surface area contributed by atoms with E-state index in [1.807, 2.05) is 42.5 Å². The number of carbonyl (C=O) groups is 1. The fraction of sp³-hybridized carbons (Fsp3) is 0.278. The van der Waals surface area contributed by atoms with E-state index in [-0.39, 0.29) is 5.97 Å². The Morgan fingerprint density at radius 3 is 2.70 bits per heavy atom. The molecule has 0 radical (unpaired) electrons. The van der Waals surface area contributed by atoms with Gasteiger partial charge in [-0.15, -0.1) is 0 Å². The summed E-state index contributed by atoms with van der Waals surface area (Å²) < 4.78 is 5.68. The topological polar surface area (TPSA) is 26.3 Å². The molecular formula is C18H16O2. The van der Waals surface area contributed by atoms with Gasteiger partial charge < -0.3 is 4.74 Å². The van der Waals surface area contributed by atoms with E-state index in [4.69, 9.17) is 4.74 Å². The third kappa shape index (κ3) is 1.83. The van der Waals surface area contributed by atoms with E-state index in [1.165, 1.54) is 12.0 Å². The van der Waals surface area contributed by atoms with Gasteiger partial charge in [-0.25, -0.2) is 4.79 Å². The molecule has 20 heavy (non-hydrogen) atoms. The highest BCUT2D eigenvalue weighted by molar-refractivity contribution is 6.04. The van der Waals surface area contributed by atoms with Crippen LogP contribution < -0.4 is 0 Å². The van der Waals surface area contributed by atoms with Crippen molar-refractivity contribution in [2.45, 2.75) is 25.7 Å². The standard InChI is InChI=1S/C18H16O2/c19-18(20-17-11-12-8-9-14(17)10-12)16-7-3-5-13-4-1-2-6-15(13)16/h1-7,12H,8-11H2. The maximum absolute atomic E-state index is 12.4. The van der Waals surface area contributed by atoms with E-state index in [0.29, 0.717) is 5.56 Å². The van der Waals surface area contributed by atoms with Crippen LogP contribution in [0.2, 0.25) is 0 Å². The summed E-state index contributed by atoms with van der Waals surface area (Å²) in [6.07, 6.45) is 4.47. The largest absolute Gasteiger partial charge is 0.428 e. The van der Waals surface area contributed by atoms with Crippen LogP contribution in [0.4, 0.5) is 0 Å². The Morgan fingerprint density at radius 2 is 1.90 bits per heavy atom. The smallest absolute Gasteiger partial charge is 0.343 e. The first-order valence-electron chi connectivity index (χ1n) is 7.22. The second-order valence-corrected chi connectivity index (χ2v) is 5.76. The average molecular weight is 264 g/mol. The number of fused-ring (bicyclic) bond motifs is 3. The van der Waals surface area contributed by atoms with Crippen LogP contribution in [-0.4, -0.2) is 5.97 Å². The van der Waals surface area contributed by atoms with Gasteiger partial charge in [-0.2, -0.15) is 0 Å². The molecule has 2 aromatic rings. The summed E-state index contributed by atoms with van der Waals surface area (Å²) in [5.74, 6) is 1.45. The number of benzene rings is 2. The molecule has 2 heteroatoms. The Kier molecular flexibility index (Phi) is 2.62. The van der Waals surface area contributed by atoms with Gasteiger partial charge in [-0.1, -0.05) is 36.4 Å². The Balaban J connectivity index is 1.68. The van der Waals surface area contributed by atoms with E-state index in [1.54, 1.807) is 0 Å². The van der Waals surface area contributed by atoms with Crippen LogP contribution in [0.3, 0.4) is 0 Å². The second-order valence-electron chi connectivity index (χ2n) is 5.76. The maximum Gasteiger partial charge on any atom is 0.343 e. The predicted molar refractivity (Wildman–Crippen MR) is 78.3 cm³/mol. The summed E-state index contributed by atoms with van der Waals surface area (Å²) in [6.45, 7) is 0. The molecule has 0 saturated heterocycles. The molecule has 1 saturated carbocycles. The van der Waals surface area contributed by atoms with Crippen LogP contribution in [0.1, 0.15) is 36.0 Å². The lowest BCUT2D eigenvalue weighted by molar-refractivity contribution is 0.0609. The van der Waals surface area contributed by atoms with Crippen molar-refractivity contribution < 1.29 is 9.53 Å². The molecule has 0 amide bonds. The highest BCUT2D eigenvalue weighted by Crippen LogP contribution is 2.44. The Morgan fingerprint density at radius 1 is 1.05 bits per heavy atom. The molecule has 2 aliphatic carbocycles. The second kappa shape index (κ2) is 4.48. The van der Waals surface area contributed by atoms with Crippen LogP contribution >= 0.6 is 0 Å². The molecule has 2 aromatic carbocycles. The fourth-order valence-corrected chi connectivity index (χ4v) is 3.45. The number of hydrogen-bond acceptors (Lipinski definition) is 2. The van der Waals surface area contributed by atoms with Crippen molar-refractivity contribution in [1.82, 2.24) is 0 Å². The van der Waals surface area contributed by atoms with E-state index >= 15 is 0 Å². The third-order valence-electron chi connectivity index (χ3n) is 4.48. The zero-order chi connectivity index (χ0) is 13.5. The van der Waals surface area contributed by atoms with Crippen LogP contribution in [-0.2, 0) is 4.74 Å². The Hall–Kier alpha value is -2.09. The molecule has 100 valence electrons. The molecule has 1 unspecified atom stereocenters. The molecule has 0 N–H and O–H groups in total. The van der Waals surface area contributed by atoms with Crippen LogP contribution in [0.15, 0.2) is 53.8 Å². The minimum Gasteiger partial charge on any atom is -0.428 e. The maximum atomic E-state index is 12.4. The summed E-state index contributed by atoms with van der Waals surface area (Å²) in [5, 5.41) is 2.04. The molecule has 4 rings (SSSR count). The first-order valence-corrected chi connectivity index (χ1v) is 7.22. The van der Waals surface area contributed by atoms with Crippen molar-refractivity contribution >= 4 is 16.7 Å². The van der Waals surface area contributed by atoms with E-state index in [9.17, 15) is 4.79 Å². The lowest BCUT2D eigenvalue weighted by Crippen LogP contribution is -2.08. The molecule has 2 bridgehead atoms. The normalized spacial score (nSPS) is 20.7. The van der Waals surface area contributed by atoms with E-state index in [0.717, 1.165) is 41.7 Å². The van der Waals surface area contributed by atoms with Crippen molar-refractivity contribution in [3.8, 4) is 0 Å². The van der Waals surface area contributed by atoms with Crippen molar-refractivity contribution in [3.05, 3.63) is 59.4 Å². The number of rotatable bonds is 2. The minimum atomic E-state index is -0.211. The zero-order valence-corrected chi connectivity index (χ0v) is 11.3. The van der Waals surface area contributed by atoms with Crippen LogP contribution in [0.25, 0.3) is 10.8 Å². The van der Waals surface area contributed by atoms with Gasteiger partial charge in [0.25, 0.3) is 0 Å². The average Bonchev–Trinajstić information content (AvgIpc) is 3.09. The van der Waals surface area contributed by atoms with Crippen LogP contribution in [0.5, 0.6) is 0 Å². The zero-order valence-electron chi connectivity index (χ0n) is 11.3. The first kappa shape index (κ1) is 11.7. The monoisotopic (exact) mass is 264 g/mol. The van der Waals surface area contributed by atoms with Crippen molar-refractivity contribution in [3.63, 3.8) is 0 Å². The molecule has 0 spiro atoms. The summed E-state index contributed by atoms with van der Waals surface area (Å²) >= 11 is 0. The third-order valence-corrected chi connectivity index (χ3v) is 4.48. The lowest BCUT2D eigenvalue weighted by atomic mass is 10.0. The van der Waals surface area contributed by atoms with Crippen molar-refractivity contribution in [2.75, 3.05) is 0 Å². The number of hydrogen-bond donors (Lipinski definition) is 0. The molecule has 1 fully saturated rings. The summed E-state index contributed by atoms with van der Waals surface area (Å²) in [7, 11) is 0. The van der Waals surface area contributed by atoms with Crippen molar-refractivity contribution in [2.24, 2.45) is 5.92 Å². The number of esters is 1.